The van der Waals surface area contributed by atoms with Gasteiger partial charge >= 0.3 is 0 Å². The van der Waals surface area contributed by atoms with Gasteiger partial charge in [-0.05, 0) is 12.8 Å². The van der Waals surface area contributed by atoms with Gasteiger partial charge in [0.05, 0.1) is 0 Å². The van der Waals surface area contributed by atoms with Crippen LogP contribution in [-0.2, 0) is 0 Å². The molecule has 0 bridgehead atoms. The van der Waals surface area contributed by atoms with Gasteiger partial charge in [-0.3, -0.25) is 0 Å². The first kappa shape index (κ1) is 20.8. The second-order valence-electron chi connectivity index (χ2n) is 6.13. The monoisotopic (exact) mass is 312 g/mol. The van der Waals surface area contributed by atoms with E-state index < -0.39 is 0 Å². The Labute approximate surface area is 139 Å². The molecule has 0 aliphatic rings. The van der Waals surface area contributed by atoms with Gasteiger partial charge in [0.25, 0.3) is 0 Å². The van der Waals surface area contributed by atoms with E-state index in [1.54, 1.807) is 0 Å². The third kappa shape index (κ3) is 16.0. The molecule has 0 rings (SSSR count). The van der Waals surface area contributed by atoms with Crippen molar-refractivity contribution in [3.8, 4) is 0 Å². The summed E-state index contributed by atoms with van der Waals surface area (Å²) >= 11 is 5.71. The van der Waals surface area contributed by atoms with Crippen LogP contribution in [-0.4, -0.2) is 5.88 Å². The van der Waals surface area contributed by atoms with Crippen molar-refractivity contribution >= 4 is 11.6 Å². The maximum atomic E-state index is 5.71. The largest absolute Gasteiger partial charge is 0.122 e. The summed E-state index contributed by atoms with van der Waals surface area (Å²) in [4.78, 5) is 0. The van der Waals surface area contributed by atoms with E-state index in [9.17, 15) is 0 Å². The summed E-state index contributed by atoms with van der Waals surface area (Å²) in [6.45, 7) is 6.12. The molecule has 0 heterocycles. The summed E-state index contributed by atoms with van der Waals surface area (Å²) < 4.78 is 0. The highest BCUT2D eigenvalue weighted by Gasteiger charge is 1.95. The number of unbranched alkanes of at least 4 members (excludes halogenated alkanes) is 12. The molecule has 0 aliphatic heterocycles. The molecule has 0 unspecified atom stereocenters. The minimum atomic E-state index is 0.611. The Bertz CT molecular complexity index is 242. The van der Waals surface area contributed by atoms with E-state index >= 15 is 0 Å². The fourth-order valence-corrected chi connectivity index (χ4v) is 2.93. The predicted octanol–water partition coefficient (Wildman–Crippen LogP) is 7.82. The van der Waals surface area contributed by atoms with Gasteiger partial charge in [0.15, 0.2) is 0 Å². The minimum absolute atomic E-state index is 0.611. The van der Waals surface area contributed by atoms with Crippen LogP contribution < -0.4 is 0 Å². The van der Waals surface area contributed by atoms with Crippen LogP contribution in [0.4, 0.5) is 0 Å². The molecule has 0 atom stereocenters. The quantitative estimate of drug-likeness (QED) is 0.155. The van der Waals surface area contributed by atoms with Crippen molar-refractivity contribution < 1.29 is 0 Å². The standard InChI is InChI=1S/C20H37Cl/c1-3-5-6-7-8-9-10-11-12-13-14-15-16-17-20(4-2)18-19-21/h4,18H,2-3,5-17,19H2,1H3/b20-18-. The second-order valence-corrected chi connectivity index (χ2v) is 6.44. The Morgan fingerprint density at radius 1 is 0.762 bits per heavy atom. The van der Waals surface area contributed by atoms with Crippen LogP contribution in [0.25, 0.3) is 0 Å². The molecule has 0 aromatic carbocycles. The van der Waals surface area contributed by atoms with Crippen LogP contribution in [0.1, 0.15) is 96.8 Å². The number of alkyl halides is 1. The van der Waals surface area contributed by atoms with E-state index in [4.69, 9.17) is 11.6 Å². The van der Waals surface area contributed by atoms with Crippen LogP contribution >= 0.6 is 11.6 Å². The number of rotatable bonds is 16. The molecule has 21 heavy (non-hydrogen) atoms. The average Bonchev–Trinajstić information content (AvgIpc) is 2.50. The van der Waals surface area contributed by atoms with Crippen molar-refractivity contribution in [2.45, 2.75) is 96.8 Å². The lowest BCUT2D eigenvalue weighted by molar-refractivity contribution is 0.539. The SMILES string of the molecule is C=C/C(=C/CCl)CCCCCCCCCCCCCCC. The molecule has 124 valence electrons. The number of allylic oxidation sites excluding steroid dienone is 3. The van der Waals surface area contributed by atoms with Gasteiger partial charge in [0, 0.05) is 5.88 Å². The van der Waals surface area contributed by atoms with Crippen LogP contribution in [0.2, 0.25) is 0 Å². The maximum Gasteiger partial charge on any atom is 0.0409 e. The molecule has 0 N–H and O–H groups in total. The fourth-order valence-electron chi connectivity index (χ4n) is 2.73. The minimum Gasteiger partial charge on any atom is -0.122 e. The van der Waals surface area contributed by atoms with Crippen molar-refractivity contribution in [3.05, 3.63) is 24.3 Å². The Morgan fingerprint density at radius 3 is 1.57 bits per heavy atom. The van der Waals surface area contributed by atoms with E-state index in [-0.39, 0.29) is 0 Å². The van der Waals surface area contributed by atoms with Crippen LogP contribution in [0.3, 0.4) is 0 Å². The molecule has 0 radical (unpaired) electrons. The van der Waals surface area contributed by atoms with Crippen LogP contribution in [0.5, 0.6) is 0 Å². The Morgan fingerprint density at radius 2 is 1.19 bits per heavy atom. The highest BCUT2D eigenvalue weighted by atomic mass is 35.5. The third-order valence-corrected chi connectivity index (χ3v) is 4.32. The first-order valence-corrected chi connectivity index (χ1v) is 9.76. The molecule has 0 nitrogen and oxygen atoms in total. The summed E-state index contributed by atoms with van der Waals surface area (Å²) in [5, 5.41) is 0. The van der Waals surface area contributed by atoms with Crippen molar-refractivity contribution in [2.75, 3.05) is 5.88 Å². The average molecular weight is 313 g/mol. The lowest BCUT2D eigenvalue weighted by Gasteiger charge is -2.04. The van der Waals surface area contributed by atoms with Crippen molar-refractivity contribution in [1.29, 1.82) is 0 Å². The first-order valence-electron chi connectivity index (χ1n) is 9.22. The van der Waals surface area contributed by atoms with Gasteiger partial charge in [0.1, 0.15) is 0 Å². The molecular weight excluding hydrogens is 276 g/mol. The number of halogens is 1. The normalized spacial score (nSPS) is 11.8. The maximum absolute atomic E-state index is 5.71. The Hall–Kier alpha value is -0.230. The van der Waals surface area contributed by atoms with E-state index in [1.807, 2.05) is 6.08 Å². The molecular formula is C20H37Cl. The topological polar surface area (TPSA) is 0 Å². The highest BCUT2D eigenvalue weighted by molar-refractivity contribution is 6.18. The molecule has 0 amide bonds. The molecule has 0 aliphatic carbocycles. The zero-order chi connectivity index (χ0) is 15.6. The molecule has 0 aromatic rings. The zero-order valence-corrected chi connectivity index (χ0v) is 15.1. The fraction of sp³-hybridized carbons (Fsp3) is 0.800. The zero-order valence-electron chi connectivity index (χ0n) is 14.3. The lowest BCUT2D eigenvalue weighted by Crippen LogP contribution is -1.84. The predicted molar refractivity (Wildman–Crippen MR) is 99.3 cm³/mol. The first-order chi connectivity index (χ1) is 10.3. The molecule has 0 spiro atoms. The highest BCUT2D eigenvalue weighted by Crippen LogP contribution is 2.14. The summed E-state index contributed by atoms with van der Waals surface area (Å²) in [6.07, 6.45) is 23.5. The summed E-state index contributed by atoms with van der Waals surface area (Å²) in [6, 6.07) is 0. The summed E-state index contributed by atoms with van der Waals surface area (Å²) in [7, 11) is 0. The van der Waals surface area contributed by atoms with E-state index in [0.717, 1.165) is 6.42 Å². The lowest BCUT2D eigenvalue weighted by atomic mass is 10.0. The van der Waals surface area contributed by atoms with Crippen molar-refractivity contribution in [2.24, 2.45) is 0 Å². The van der Waals surface area contributed by atoms with Gasteiger partial charge in [-0.15, -0.1) is 11.6 Å². The third-order valence-electron chi connectivity index (χ3n) is 4.17. The molecule has 0 saturated carbocycles. The Kier molecular flexibility index (Phi) is 17.6. The van der Waals surface area contributed by atoms with E-state index in [1.165, 1.54) is 89.0 Å². The van der Waals surface area contributed by atoms with E-state index in [2.05, 4.69) is 19.6 Å². The number of hydrogen-bond acceptors (Lipinski definition) is 0. The smallest absolute Gasteiger partial charge is 0.0409 e. The molecule has 1 heteroatoms. The summed E-state index contributed by atoms with van der Waals surface area (Å²) in [5.74, 6) is 0.611. The molecule has 0 aromatic heterocycles. The van der Waals surface area contributed by atoms with Crippen LogP contribution in [0, 0.1) is 0 Å². The Balaban J connectivity index is 3.15. The van der Waals surface area contributed by atoms with E-state index in [0.29, 0.717) is 5.88 Å². The van der Waals surface area contributed by atoms with Crippen LogP contribution in [0.15, 0.2) is 24.3 Å². The van der Waals surface area contributed by atoms with Crippen molar-refractivity contribution in [3.63, 3.8) is 0 Å². The van der Waals surface area contributed by atoms with Gasteiger partial charge < -0.3 is 0 Å². The van der Waals surface area contributed by atoms with Crippen molar-refractivity contribution in [1.82, 2.24) is 0 Å². The van der Waals surface area contributed by atoms with Gasteiger partial charge in [-0.25, -0.2) is 0 Å². The molecule has 0 saturated heterocycles. The number of hydrogen-bond donors (Lipinski definition) is 0. The van der Waals surface area contributed by atoms with Gasteiger partial charge in [0.2, 0.25) is 0 Å². The molecule has 0 fully saturated rings. The van der Waals surface area contributed by atoms with Gasteiger partial charge in [-0.2, -0.15) is 0 Å². The summed E-state index contributed by atoms with van der Waals surface area (Å²) in [5.41, 5.74) is 1.31. The van der Waals surface area contributed by atoms with Gasteiger partial charge in [-0.1, -0.05) is 108 Å². The second kappa shape index (κ2) is 17.8.